The molecule has 0 aliphatic carbocycles. The standard InChI is InChI=1S/C18H22ClN5O/c1-13(2)14-3-5-15(6-4-14)22-18(25)24-9-7-23(8-10-24)17-12-20-16(19)11-21-17/h3-6,11-13H,7-10H2,1-2H3,(H,22,25). The van der Waals surface area contributed by atoms with Crippen LogP contribution in [0.4, 0.5) is 16.3 Å². The van der Waals surface area contributed by atoms with Gasteiger partial charge in [-0.25, -0.2) is 14.8 Å². The predicted molar refractivity (Wildman–Crippen MR) is 100 cm³/mol. The van der Waals surface area contributed by atoms with E-state index in [1.165, 1.54) is 11.8 Å². The first-order valence-corrected chi connectivity index (χ1v) is 8.79. The summed E-state index contributed by atoms with van der Waals surface area (Å²) in [6.07, 6.45) is 3.20. The lowest BCUT2D eigenvalue weighted by Gasteiger charge is -2.35. The Morgan fingerprint density at radius 3 is 2.32 bits per heavy atom. The monoisotopic (exact) mass is 359 g/mol. The summed E-state index contributed by atoms with van der Waals surface area (Å²) in [4.78, 5) is 24.7. The van der Waals surface area contributed by atoms with Crippen LogP contribution in [0.2, 0.25) is 5.15 Å². The first-order valence-electron chi connectivity index (χ1n) is 8.41. The van der Waals surface area contributed by atoms with Gasteiger partial charge in [-0.15, -0.1) is 0 Å². The number of carbonyl (C=O) groups is 1. The van der Waals surface area contributed by atoms with Crippen LogP contribution in [0.15, 0.2) is 36.7 Å². The van der Waals surface area contributed by atoms with Gasteiger partial charge in [0.1, 0.15) is 11.0 Å². The quantitative estimate of drug-likeness (QED) is 0.909. The number of piperazine rings is 1. The number of aromatic nitrogens is 2. The molecule has 0 saturated carbocycles. The van der Waals surface area contributed by atoms with Crippen LogP contribution in [0.5, 0.6) is 0 Å². The molecule has 1 fully saturated rings. The average molecular weight is 360 g/mol. The van der Waals surface area contributed by atoms with Crippen LogP contribution >= 0.6 is 11.6 Å². The van der Waals surface area contributed by atoms with E-state index in [-0.39, 0.29) is 6.03 Å². The number of hydrogen-bond acceptors (Lipinski definition) is 4. The van der Waals surface area contributed by atoms with Gasteiger partial charge in [-0.1, -0.05) is 37.6 Å². The average Bonchev–Trinajstić information content (AvgIpc) is 2.63. The van der Waals surface area contributed by atoms with E-state index in [2.05, 4.69) is 46.2 Å². The summed E-state index contributed by atoms with van der Waals surface area (Å²) in [6.45, 7) is 7.02. The van der Waals surface area contributed by atoms with Crippen molar-refractivity contribution < 1.29 is 4.79 Å². The fraction of sp³-hybridized carbons (Fsp3) is 0.389. The molecule has 3 rings (SSSR count). The maximum Gasteiger partial charge on any atom is 0.321 e. The minimum Gasteiger partial charge on any atom is -0.352 e. The number of nitrogens with zero attached hydrogens (tertiary/aromatic N) is 4. The van der Waals surface area contributed by atoms with Crippen LogP contribution < -0.4 is 10.2 Å². The van der Waals surface area contributed by atoms with E-state index in [0.29, 0.717) is 24.2 Å². The Hall–Kier alpha value is -2.34. The van der Waals surface area contributed by atoms with E-state index < -0.39 is 0 Å². The molecule has 0 bridgehead atoms. The summed E-state index contributed by atoms with van der Waals surface area (Å²) < 4.78 is 0. The highest BCUT2D eigenvalue weighted by molar-refractivity contribution is 6.29. The molecule has 2 amide bonds. The Balaban J connectivity index is 1.53. The van der Waals surface area contributed by atoms with Crippen molar-refractivity contribution in [3.05, 3.63) is 47.4 Å². The molecule has 2 aromatic rings. The molecule has 132 valence electrons. The van der Waals surface area contributed by atoms with Crippen LogP contribution in [0.25, 0.3) is 0 Å². The van der Waals surface area contributed by atoms with Crippen LogP contribution in [0, 0.1) is 0 Å². The van der Waals surface area contributed by atoms with E-state index >= 15 is 0 Å². The van der Waals surface area contributed by atoms with Gasteiger partial charge in [0, 0.05) is 31.9 Å². The molecule has 6 nitrogen and oxygen atoms in total. The van der Waals surface area contributed by atoms with Gasteiger partial charge in [0.15, 0.2) is 0 Å². The Bertz CT molecular complexity index is 709. The number of nitrogens with one attached hydrogen (secondary N) is 1. The van der Waals surface area contributed by atoms with Gasteiger partial charge in [-0.2, -0.15) is 0 Å². The zero-order chi connectivity index (χ0) is 17.8. The molecule has 0 radical (unpaired) electrons. The normalized spacial score (nSPS) is 14.7. The number of amides is 2. The van der Waals surface area contributed by atoms with Gasteiger partial charge in [0.05, 0.1) is 12.4 Å². The summed E-state index contributed by atoms with van der Waals surface area (Å²) in [6, 6.07) is 7.94. The van der Waals surface area contributed by atoms with Crippen molar-refractivity contribution >= 4 is 29.1 Å². The van der Waals surface area contributed by atoms with E-state index in [0.717, 1.165) is 24.6 Å². The minimum atomic E-state index is -0.0702. The van der Waals surface area contributed by atoms with Gasteiger partial charge in [0.25, 0.3) is 0 Å². The first-order chi connectivity index (χ1) is 12.0. The summed E-state index contributed by atoms with van der Waals surface area (Å²) in [7, 11) is 0. The molecule has 25 heavy (non-hydrogen) atoms. The van der Waals surface area contributed by atoms with Gasteiger partial charge >= 0.3 is 6.03 Å². The second-order valence-corrected chi connectivity index (χ2v) is 6.77. The maximum atomic E-state index is 12.4. The third-order valence-corrected chi connectivity index (χ3v) is 4.52. The first kappa shape index (κ1) is 17.5. The molecular formula is C18H22ClN5O. The Morgan fingerprint density at radius 1 is 1.08 bits per heavy atom. The largest absolute Gasteiger partial charge is 0.352 e. The highest BCUT2D eigenvalue weighted by Crippen LogP contribution is 2.18. The number of urea groups is 1. The Morgan fingerprint density at radius 2 is 1.76 bits per heavy atom. The SMILES string of the molecule is CC(C)c1ccc(NC(=O)N2CCN(c3cnc(Cl)cn3)CC2)cc1. The van der Waals surface area contributed by atoms with Gasteiger partial charge < -0.3 is 15.1 Å². The third-order valence-electron chi connectivity index (χ3n) is 4.33. The van der Waals surface area contributed by atoms with E-state index in [4.69, 9.17) is 11.6 Å². The van der Waals surface area contributed by atoms with Crippen LogP contribution in [-0.2, 0) is 0 Å². The van der Waals surface area contributed by atoms with Crippen molar-refractivity contribution in [2.24, 2.45) is 0 Å². The fourth-order valence-corrected chi connectivity index (χ4v) is 2.86. The molecule has 1 aliphatic heterocycles. The number of hydrogen-bond donors (Lipinski definition) is 1. The topological polar surface area (TPSA) is 61.4 Å². The summed E-state index contributed by atoms with van der Waals surface area (Å²) >= 11 is 5.77. The molecule has 1 saturated heterocycles. The van der Waals surface area contributed by atoms with Crippen LogP contribution in [-0.4, -0.2) is 47.1 Å². The predicted octanol–water partition coefficient (Wildman–Crippen LogP) is 3.61. The van der Waals surface area contributed by atoms with Crippen molar-refractivity contribution in [1.29, 1.82) is 0 Å². The lowest BCUT2D eigenvalue weighted by atomic mass is 10.0. The number of rotatable bonds is 3. The smallest absolute Gasteiger partial charge is 0.321 e. The highest BCUT2D eigenvalue weighted by atomic mass is 35.5. The van der Waals surface area contributed by atoms with Gasteiger partial charge in [-0.3, -0.25) is 0 Å². The number of halogens is 1. The fourth-order valence-electron chi connectivity index (χ4n) is 2.76. The van der Waals surface area contributed by atoms with Gasteiger partial charge in [0.2, 0.25) is 0 Å². The molecule has 7 heteroatoms. The summed E-state index contributed by atoms with van der Waals surface area (Å²) in [5, 5.41) is 3.34. The molecule has 1 aromatic carbocycles. The third kappa shape index (κ3) is 4.39. The second-order valence-electron chi connectivity index (χ2n) is 6.38. The second kappa shape index (κ2) is 7.70. The minimum absolute atomic E-state index is 0.0702. The molecule has 0 unspecified atom stereocenters. The molecule has 1 N–H and O–H groups in total. The van der Waals surface area contributed by atoms with Crippen LogP contribution in [0.1, 0.15) is 25.3 Å². The highest BCUT2D eigenvalue weighted by Gasteiger charge is 2.22. The summed E-state index contributed by atoms with van der Waals surface area (Å²) in [5.74, 6) is 1.27. The van der Waals surface area contributed by atoms with Crippen molar-refractivity contribution in [3.63, 3.8) is 0 Å². The number of anilines is 2. The summed E-state index contributed by atoms with van der Waals surface area (Å²) in [5.41, 5.74) is 2.08. The lowest BCUT2D eigenvalue weighted by molar-refractivity contribution is 0.208. The Kier molecular flexibility index (Phi) is 5.38. The molecule has 1 aliphatic rings. The Labute approximate surface area is 152 Å². The molecule has 0 spiro atoms. The number of carbonyl (C=O) groups excluding carboxylic acids is 1. The van der Waals surface area contributed by atoms with Crippen molar-refractivity contribution in [2.45, 2.75) is 19.8 Å². The van der Waals surface area contributed by atoms with Gasteiger partial charge in [-0.05, 0) is 23.6 Å². The molecule has 2 heterocycles. The van der Waals surface area contributed by atoms with E-state index in [1.807, 2.05) is 17.0 Å². The zero-order valence-corrected chi connectivity index (χ0v) is 15.2. The maximum absolute atomic E-state index is 12.4. The van der Waals surface area contributed by atoms with Crippen molar-refractivity contribution in [3.8, 4) is 0 Å². The van der Waals surface area contributed by atoms with E-state index in [9.17, 15) is 4.79 Å². The lowest BCUT2D eigenvalue weighted by Crippen LogP contribution is -2.50. The molecular weight excluding hydrogens is 338 g/mol. The zero-order valence-electron chi connectivity index (χ0n) is 14.4. The van der Waals surface area contributed by atoms with Crippen molar-refractivity contribution in [1.82, 2.24) is 14.9 Å². The molecule has 0 atom stereocenters. The van der Waals surface area contributed by atoms with Crippen LogP contribution in [0.3, 0.4) is 0 Å². The van der Waals surface area contributed by atoms with E-state index in [1.54, 1.807) is 6.20 Å². The number of benzene rings is 1. The molecule has 1 aromatic heterocycles. The van der Waals surface area contributed by atoms with Crippen molar-refractivity contribution in [2.75, 3.05) is 36.4 Å².